The Labute approximate surface area is 161 Å². The molecule has 4 rings (SSSR count). The van der Waals surface area contributed by atoms with Crippen LogP contribution in [0.1, 0.15) is 5.56 Å². The third kappa shape index (κ3) is 4.30. The van der Waals surface area contributed by atoms with Crippen LogP contribution in [0.3, 0.4) is 0 Å². The van der Waals surface area contributed by atoms with E-state index in [1.807, 2.05) is 24.3 Å². The highest BCUT2D eigenvalue weighted by molar-refractivity contribution is 5.86. The van der Waals surface area contributed by atoms with Gasteiger partial charge >= 0.3 is 0 Å². The maximum Gasteiger partial charge on any atom is 0.272 e. The van der Waals surface area contributed by atoms with Crippen molar-refractivity contribution in [2.24, 2.45) is 0 Å². The van der Waals surface area contributed by atoms with E-state index in [0.29, 0.717) is 10.9 Å². The van der Waals surface area contributed by atoms with Crippen molar-refractivity contribution in [3.63, 3.8) is 0 Å². The molecule has 1 aromatic carbocycles. The molecule has 0 saturated carbocycles. The van der Waals surface area contributed by atoms with Gasteiger partial charge in [-0.1, -0.05) is 0 Å². The Hall–Kier alpha value is -2.94. The maximum absolute atomic E-state index is 12.5. The van der Waals surface area contributed by atoms with Crippen molar-refractivity contribution in [2.45, 2.75) is 13.0 Å². The smallest absolute Gasteiger partial charge is 0.272 e. The molecule has 3 aromatic rings. The Kier molecular flexibility index (Phi) is 5.52. The molecule has 0 N–H and O–H groups in total. The topological polar surface area (TPSA) is 67.3 Å². The van der Waals surface area contributed by atoms with Crippen LogP contribution in [-0.2, 0) is 6.54 Å². The van der Waals surface area contributed by atoms with Crippen LogP contribution in [-0.4, -0.2) is 64.3 Å². The standard InChI is InChI=1S/C19H20F2N6O/c20-18(21)12-28-19-16-9-15(1-2-17(16)22-13-23-19)27-7-5-26(6-8-27)11-14-3-4-24-25-10-14/h1-4,9-10,13,18H,5-8,11-12H2. The van der Waals surface area contributed by atoms with E-state index in [2.05, 4.69) is 30.0 Å². The second-order valence-electron chi connectivity index (χ2n) is 6.60. The molecule has 1 aliphatic rings. The lowest BCUT2D eigenvalue weighted by atomic mass is 10.1. The molecule has 7 nitrogen and oxygen atoms in total. The van der Waals surface area contributed by atoms with Gasteiger partial charge in [0.05, 0.1) is 17.1 Å². The van der Waals surface area contributed by atoms with Gasteiger partial charge in [-0.05, 0) is 29.8 Å². The predicted octanol–water partition coefficient (Wildman–Crippen LogP) is 2.39. The number of anilines is 1. The normalized spacial score (nSPS) is 15.3. The molecule has 0 aliphatic carbocycles. The summed E-state index contributed by atoms with van der Waals surface area (Å²) in [7, 11) is 0. The lowest BCUT2D eigenvalue weighted by Crippen LogP contribution is -2.46. The first-order valence-electron chi connectivity index (χ1n) is 9.07. The lowest BCUT2D eigenvalue weighted by Gasteiger charge is -2.36. The Morgan fingerprint density at radius 3 is 2.64 bits per heavy atom. The van der Waals surface area contributed by atoms with Gasteiger partial charge in [-0.25, -0.2) is 18.7 Å². The Balaban J connectivity index is 1.45. The lowest BCUT2D eigenvalue weighted by molar-refractivity contribution is 0.0804. The SMILES string of the molecule is FC(F)COc1ncnc2ccc(N3CCN(Cc4ccnnc4)CC3)cc12. The molecule has 1 saturated heterocycles. The highest BCUT2D eigenvalue weighted by Gasteiger charge is 2.18. The molecule has 0 radical (unpaired) electrons. The molecule has 146 valence electrons. The van der Waals surface area contributed by atoms with Crippen molar-refractivity contribution < 1.29 is 13.5 Å². The molecule has 1 fully saturated rings. The largest absolute Gasteiger partial charge is 0.471 e. The highest BCUT2D eigenvalue weighted by atomic mass is 19.3. The van der Waals surface area contributed by atoms with Gasteiger partial charge in [-0.15, -0.1) is 0 Å². The van der Waals surface area contributed by atoms with Crippen LogP contribution >= 0.6 is 0 Å². The van der Waals surface area contributed by atoms with E-state index in [9.17, 15) is 8.78 Å². The van der Waals surface area contributed by atoms with Gasteiger partial charge < -0.3 is 9.64 Å². The van der Waals surface area contributed by atoms with Crippen LogP contribution in [0.25, 0.3) is 10.9 Å². The molecular weight excluding hydrogens is 366 g/mol. The quantitative estimate of drug-likeness (QED) is 0.644. The van der Waals surface area contributed by atoms with Crippen molar-refractivity contribution in [1.29, 1.82) is 0 Å². The summed E-state index contributed by atoms with van der Waals surface area (Å²) in [6.45, 7) is 3.73. The van der Waals surface area contributed by atoms with Gasteiger partial charge in [0.2, 0.25) is 5.88 Å². The second-order valence-corrected chi connectivity index (χ2v) is 6.60. The van der Waals surface area contributed by atoms with Crippen LogP contribution < -0.4 is 9.64 Å². The Bertz CT molecular complexity index is 919. The summed E-state index contributed by atoms with van der Waals surface area (Å²) in [4.78, 5) is 12.9. The van der Waals surface area contributed by atoms with Crippen LogP contribution in [0.5, 0.6) is 5.88 Å². The summed E-state index contributed by atoms with van der Waals surface area (Å²) in [5.41, 5.74) is 2.83. The Morgan fingerprint density at radius 2 is 1.89 bits per heavy atom. The molecule has 0 amide bonds. The predicted molar refractivity (Wildman–Crippen MR) is 101 cm³/mol. The molecular formula is C19H20F2N6O. The number of halogens is 2. The molecule has 3 heterocycles. The van der Waals surface area contributed by atoms with Gasteiger partial charge in [0.1, 0.15) is 6.33 Å². The van der Waals surface area contributed by atoms with E-state index >= 15 is 0 Å². The van der Waals surface area contributed by atoms with E-state index in [0.717, 1.165) is 44.0 Å². The van der Waals surface area contributed by atoms with Gasteiger partial charge in [0.25, 0.3) is 6.43 Å². The average molecular weight is 386 g/mol. The first-order chi connectivity index (χ1) is 13.7. The summed E-state index contributed by atoms with van der Waals surface area (Å²) in [5.74, 6) is 0.191. The minimum atomic E-state index is -2.54. The third-order valence-electron chi connectivity index (χ3n) is 4.72. The minimum Gasteiger partial charge on any atom is -0.471 e. The number of fused-ring (bicyclic) bond motifs is 1. The summed E-state index contributed by atoms with van der Waals surface area (Å²) < 4.78 is 30.2. The van der Waals surface area contributed by atoms with Crippen LogP contribution in [0.2, 0.25) is 0 Å². The summed E-state index contributed by atoms with van der Waals surface area (Å²) in [6, 6.07) is 7.76. The number of alkyl halides is 2. The number of piperazine rings is 1. The Morgan fingerprint density at radius 1 is 1.04 bits per heavy atom. The zero-order valence-electron chi connectivity index (χ0n) is 15.2. The molecule has 0 atom stereocenters. The van der Waals surface area contributed by atoms with Gasteiger partial charge in [-0.2, -0.15) is 10.2 Å². The molecule has 0 unspecified atom stereocenters. The van der Waals surface area contributed by atoms with Crippen molar-refractivity contribution in [3.05, 3.63) is 48.5 Å². The fourth-order valence-corrected chi connectivity index (χ4v) is 3.31. The maximum atomic E-state index is 12.5. The number of hydrogen-bond acceptors (Lipinski definition) is 7. The second kappa shape index (κ2) is 8.39. The number of ether oxygens (including phenoxy) is 1. The molecule has 2 aromatic heterocycles. The fraction of sp³-hybridized carbons (Fsp3) is 0.368. The highest BCUT2D eigenvalue weighted by Crippen LogP contribution is 2.27. The van der Waals surface area contributed by atoms with E-state index in [1.165, 1.54) is 6.33 Å². The van der Waals surface area contributed by atoms with E-state index in [4.69, 9.17) is 4.74 Å². The van der Waals surface area contributed by atoms with E-state index < -0.39 is 13.0 Å². The van der Waals surface area contributed by atoms with Crippen molar-refractivity contribution in [1.82, 2.24) is 25.1 Å². The first kappa shape index (κ1) is 18.4. The molecule has 0 bridgehead atoms. The zero-order chi connectivity index (χ0) is 19.3. The van der Waals surface area contributed by atoms with Gasteiger partial charge in [-0.3, -0.25) is 4.90 Å². The van der Waals surface area contributed by atoms with Crippen molar-refractivity contribution in [3.8, 4) is 5.88 Å². The van der Waals surface area contributed by atoms with Crippen LogP contribution in [0.15, 0.2) is 43.0 Å². The third-order valence-corrected chi connectivity index (χ3v) is 4.72. The minimum absolute atomic E-state index is 0.191. The summed E-state index contributed by atoms with van der Waals surface area (Å²) in [5, 5.41) is 8.37. The summed E-state index contributed by atoms with van der Waals surface area (Å²) in [6.07, 6.45) is 2.28. The summed E-state index contributed by atoms with van der Waals surface area (Å²) >= 11 is 0. The molecule has 0 spiro atoms. The average Bonchev–Trinajstić information content (AvgIpc) is 2.73. The van der Waals surface area contributed by atoms with E-state index in [1.54, 1.807) is 12.4 Å². The van der Waals surface area contributed by atoms with Crippen molar-refractivity contribution in [2.75, 3.05) is 37.7 Å². The molecule has 28 heavy (non-hydrogen) atoms. The van der Waals surface area contributed by atoms with E-state index in [-0.39, 0.29) is 5.88 Å². The van der Waals surface area contributed by atoms with Gasteiger partial charge in [0, 0.05) is 44.6 Å². The van der Waals surface area contributed by atoms with Crippen LogP contribution in [0.4, 0.5) is 14.5 Å². The number of rotatable bonds is 6. The zero-order valence-corrected chi connectivity index (χ0v) is 15.2. The monoisotopic (exact) mass is 386 g/mol. The van der Waals surface area contributed by atoms with Gasteiger partial charge in [0.15, 0.2) is 6.61 Å². The number of hydrogen-bond donors (Lipinski definition) is 0. The number of nitrogens with zero attached hydrogens (tertiary/aromatic N) is 6. The fourth-order valence-electron chi connectivity index (χ4n) is 3.31. The van der Waals surface area contributed by atoms with Crippen molar-refractivity contribution >= 4 is 16.6 Å². The molecule has 1 aliphatic heterocycles. The molecule has 9 heteroatoms. The number of aromatic nitrogens is 4. The first-order valence-corrected chi connectivity index (χ1v) is 9.07. The number of benzene rings is 1. The van der Waals surface area contributed by atoms with Crippen LogP contribution in [0, 0.1) is 0 Å².